The predicted molar refractivity (Wildman–Crippen MR) is 113 cm³/mol. The molecule has 0 spiro atoms. The standard InChI is InChI=1S/C19H21BrN6O2/c1-11-12(2)26-15-16(24(3)19(28)23-17(15)27)22-18(26)25(11)10-4-9-21-14-7-5-13(20)6-8-14/h5-8,21H,4,9-10H2,1-3H3,(H,23,27,28). The number of rotatable bonds is 5. The van der Waals surface area contributed by atoms with Crippen LogP contribution < -0.4 is 16.6 Å². The molecule has 0 aliphatic heterocycles. The lowest BCUT2D eigenvalue weighted by atomic mass is 10.3. The molecule has 0 atom stereocenters. The first-order valence-electron chi connectivity index (χ1n) is 9.05. The van der Waals surface area contributed by atoms with Crippen LogP contribution in [0.3, 0.4) is 0 Å². The summed E-state index contributed by atoms with van der Waals surface area (Å²) in [5, 5.41) is 3.41. The van der Waals surface area contributed by atoms with Gasteiger partial charge in [-0.1, -0.05) is 15.9 Å². The molecule has 0 saturated carbocycles. The van der Waals surface area contributed by atoms with Crippen molar-refractivity contribution in [2.75, 3.05) is 11.9 Å². The van der Waals surface area contributed by atoms with Gasteiger partial charge in [-0.25, -0.2) is 4.79 Å². The van der Waals surface area contributed by atoms with Gasteiger partial charge in [0.25, 0.3) is 5.56 Å². The number of fused-ring (bicyclic) bond motifs is 3. The summed E-state index contributed by atoms with van der Waals surface area (Å²) in [6.45, 7) is 5.55. The maximum Gasteiger partial charge on any atom is 0.329 e. The first-order chi connectivity index (χ1) is 13.4. The van der Waals surface area contributed by atoms with Crippen LogP contribution in [0.2, 0.25) is 0 Å². The summed E-state index contributed by atoms with van der Waals surface area (Å²) in [6.07, 6.45) is 0.888. The molecule has 0 aliphatic rings. The van der Waals surface area contributed by atoms with E-state index in [4.69, 9.17) is 0 Å². The number of imidazole rings is 2. The van der Waals surface area contributed by atoms with Gasteiger partial charge >= 0.3 is 5.69 Å². The Morgan fingerprint density at radius 2 is 1.86 bits per heavy atom. The van der Waals surface area contributed by atoms with E-state index in [0.717, 1.165) is 41.1 Å². The Labute approximate surface area is 169 Å². The lowest BCUT2D eigenvalue weighted by molar-refractivity contribution is 0.659. The Kier molecular flexibility index (Phi) is 4.62. The molecule has 0 fully saturated rings. The second-order valence-corrected chi connectivity index (χ2v) is 7.76. The number of halogens is 1. The molecule has 0 amide bonds. The third-order valence-corrected chi connectivity index (χ3v) is 5.67. The first kappa shape index (κ1) is 18.5. The highest BCUT2D eigenvalue weighted by Gasteiger charge is 2.20. The maximum absolute atomic E-state index is 12.4. The van der Waals surface area contributed by atoms with Crippen molar-refractivity contribution in [1.29, 1.82) is 0 Å². The average Bonchev–Trinajstić information content (AvgIpc) is 3.16. The van der Waals surface area contributed by atoms with E-state index in [9.17, 15) is 9.59 Å². The molecule has 3 heterocycles. The summed E-state index contributed by atoms with van der Waals surface area (Å²) < 4.78 is 6.36. The van der Waals surface area contributed by atoms with Gasteiger partial charge in [-0.2, -0.15) is 4.98 Å². The second-order valence-electron chi connectivity index (χ2n) is 6.85. The van der Waals surface area contributed by atoms with E-state index in [0.29, 0.717) is 16.9 Å². The van der Waals surface area contributed by atoms with Crippen LogP contribution in [0.4, 0.5) is 5.69 Å². The van der Waals surface area contributed by atoms with E-state index in [1.807, 2.05) is 42.5 Å². The van der Waals surface area contributed by atoms with Gasteiger partial charge in [0.2, 0.25) is 5.78 Å². The van der Waals surface area contributed by atoms with Crippen molar-refractivity contribution in [1.82, 2.24) is 23.5 Å². The third kappa shape index (κ3) is 2.95. The van der Waals surface area contributed by atoms with E-state index >= 15 is 0 Å². The van der Waals surface area contributed by atoms with Gasteiger partial charge < -0.3 is 9.88 Å². The lowest BCUT2D eigenvalue weighted by Crippen LogP contribution is -2.28. The van der Waals surface area contributed by atoms with Crippen LogP contribution in [0.15, 0.2) is 38.3 Å². The van der Waals surface area contributed by atoms with Crippen molar-refractivity contribution in [2.24, 2.45) is 7.05 Å². The van der Waals surface area contributed by atoms with Gasteiger partial charge in [0, 0.05) is 41.7 Å². The fraction of sp³-hybridized carbons (Fsp3) is 0.316. The molecule has 2 N–H and O–H groups in total. The predicted octanol–water partition coefficient (Wildman–Crippen LogP) is 2.56. The van der Waals surface area contributed by atoms with Gasteiger partial charge in [0.15, 0.2) is 11.2 Å². The van der Waals surface area contributed by atoms with Crippen LogP contribution in [-0.2, 0) is 13.6 Å². The summed E-state index contributed by atoms with van der Waals surface area (Å²) in [5.41, 5.74) is 3.00. The molecule has 0 bridgehead atoms. The largest absolute Gasteiger partial charge is 0.385 e. The first-order valence-corrected chi connectivity index (χ1v) is 9.84. The number of nitrogens with one attached hydrogen (secondary N) is 2. The second kappa shape index (κ2) is 6.97. The number of hydrogen-bond acceptors (Lipinski definition) is 4. The number of aromatic amines is 1. The Bertz CT molecular complexity index is 1290. The minimum absolute atomic E-state index is 0.397. The molecular formula is C19H21BrN6O2. The quantitative estimate of drug-likeness (QED) is 0.462. The van der Waals surface area contributed by atoms with Crippen molar-refractivity contribution in [3.63, 3.8) is 0 Å². The van der Waals surface area contributed by atoms with Crippen LogP contribution in [0, 0.1) is 13.8 Å². The van der Waals surface area contributed by atoms with Crippen molar-refractivity contribution in [3.8, 4) is 0 Å². The number of anilines is 1. The SMILES string of the molecule is Cc1c(C)n2c3c(=O)[nH]c(=O)n(C)c3nc2n1CCCNc1ccc(Br)cc1. The van der Waals surface area contributed by atoms with E-state index in [1.54, 1.807) is 7.05 Å². The summed E-state index contributed by atoms with van der Waals surface area (Å²) in [4.78, 5) is 31.3. The van der Waals surface area contributed by atoms with E-state index in [2.05, 4.69) is 35.8 Å². The van der Waals surface area contributed by atoms with E-state index in [1.165, 1.54) is 4.57 Å². The topological polar surface area (TPSA) is 89.1 Å². The van der Waals surface area contributed by atoms with Gasteiger partial charge in [-0.3, -0.25) is 18.7 Å². The molecular weight excluding hydrogens is 424 g/mol. The fourth-order valence-electron chi connectivity index (χ4n) is 3.48. The monoisotopic (exact) mass is 444 g/mol. The number of aryl methyl sites for hydroxylation is 3. The average molecular weight is 445 g/mol. The van der Waals surface area contributed by atoms with Crippen LogP contribution in [-0.4, -0.2) is 30.0 Å². The Morgan fingerprint density at radius 1 is 1.14 bits per heavy atom. The normalized spacial score (nSPS) is 11.6. The zero-order valence-corrected chi connectivity index (χ0v) is 17.5. The van der Waals surface area contributed by atoms with E-state index < -0.39 is 11.2 Å². The summed E-state index contributed by atoms with van der Waals surface area (Å²) in [7, 11) is 1.61. The molecule has 0 saturated heterocycles. The van der Waals surface area contributed by atoms with Crippen LogP contribution in [0.1, 0.15) is 17.8 Å². The molecule has 3 aromatic heterocycles. The Morgan fingerprint density at radius 3 is 2.57 bits per heavy atom. The third-order valence-electron chi connectivity index (χ3n) is 5.14. The molecule has 0 radical (unpaired) electrons. The van der Waals surface area contributed by atoms with Crippen LogP contribution >= 0.6 is 15.9 Å². The minimum atomic E-state index is -0.460. The molecule has 0 unspecified atom stereocenters. The van der Waals surface area contributed by atoms with Gasteiger partial charge in [0.1, 0.15) is 0 Å². The van der Waals surface area contributed by atoms with Crippen molar-refractivity contribution < 1.29 is 0 Å². The number of aromatic nitrogens is 5. The summed E-state index contributed by atoms with van der Waals surface area (Å²) in [5.74, 6) is 0.681. The molecule has 28 heavy (non-hydrogen) atoms. The molecule has 4 rings (SSSR count). The van der Waals surface area contributed by atoms with Gasteiger partial charge in [-0.05, 0) is 44.5 Å². The van der Waals surface area contributed by atoms with Crippen molar-refractivity contribution >= 4 is 38.6 Å². The minimum Gasteiger partial charge on any atom is -0.385 e. The van der Waals surface area contributed by atoms with Gasteiger partial charge in [0.05, 0.1) is 0 Å². The van der Waals surface area contributed by atoms with Gasteiger partial charge in [-0.15, -0.1) is 0 Å². The number of benzene rings is 1. The zero-order chi connectivity index (χ0) is 20.0. The Balaban J connectivity index is 1.64. The molecule has 146 valence electrons. The lowest BCUT2D eigenvalue weighted by Gasteiger charge is -2.09. The van der Waals surface area contributed by atoms with Crippen LogP contribution in [0.25, 0.3) is 16.9 Å². The fourth-order valence-corrected chi connectivity index (χ4v) is 3.75. The summed E-state index contributed by atoms with van der Waals surface area (Å²) in [6, 6.07) is 8.06. The number of hydrogen-bond donors (Lipinski definition) is 2. The molecule has 1 aromatic carbocycles. The number of nitrogens with zero attached hydrogens (tertiary/aromatic N) is 4. The maximum atomic E-state index is 12.4. The van der Waals surface area contributed by atoms with Crippen molar-refractivity contribution in [2.45, 2.75) is 26.8 Å². The van der Waals surface area contributed by atoms with Crippen LogP contribution in [0.5, 0.6) is 0 Å². The highest BCUT2D eigenvalue weighted by molar-refractivity contribution is 9.10. The molecule has 8 nitrogen and oxygen atoms in total. The number of H-pyrrole nitrogens is 1. The highest BCUT2D eigenvalue weighted by atomic mass is 79.9. The molecule has 0 aliphatic carbocycles. The zero-order valence-electron chi connectivity index (χ0n) is 15.9. The van der Waals surface area contributed by atoms with Crippen molar-refractivity contribution in [3.05, 3.63) is 61.0 Å². The smallest absolute Gasteiger partial charge is 0.329 e. The highest BCUT2D eigenvalue weighted by Crippen LogP contribution is 2.21. The summed E-state index contributed by atoms with van der Waals surface area (Å²) >= 11 is 3.43. The Hall–Kier alpha value is -2.81. The molecule has 4 aromatic rings. The van der Waals surface area contributed by atoms with E-state index in [-0.39, 0.29) is 0 Å². The molecule has 9 heteroatoms.